The first kappa shape index (κ1) is 17.9. The van der Waals surface area contributed by atoms with Gasteiger partial charge in [0.2, 0.25) is 11.8 Å². The summed E-state index contributed by atoms with van der Waals surface area (Å²) >= 11 is 15.7. The monoisotopic (exact) mass is 460 g/mol. The van der Waals surface area contributed by atoms with Gasteiger partial charge in [-0.05, 0) is 29.8 Å². The number of rotatable bonds is 2. The van der Waals surface area contributed by atoms with Crippen LogP contribution >= 0.6 is 39.1 Å². The number of halogens is 3. The summed E-state index contributed by atoms with van der Waals surface area (Å²) in [5, 5.41) is 17.8. The second-order valence-electron chi connectivity index (χ2n) is 5.93. The molecular weight excluding hydrogens is 451 g/mol. The number of H-pyrrole nitrogens is 1. The Labute approximate surface area is 173 Å². The number of nitriles is 1. The summed E-state index contributed by atoms with van der Waals surface area (Å²) in [6, 6.07) is 15.1. The van der Waals surface area contributed by atoms with Crippen LogP contribution in [0.3, 0.4) is 0 Å². The van der Waals surface area contributed by atoms with Crippen LogP contribution in [-0.2, 0) is 0 Å². The number of hydrogen-bond donors (Lipinski definition) is 2. The molecule has 1 aliphatic heterocycles. The Morgan fingerprint density at radius 1 is 1.19 bits per heavy atom. The molecule has 5 nitrogen and oxygen atoms in total. The molecule has 1 aromatic heterocycles. The van der Waals surface area contributed by atoms with Crippen LogP contribution in [0.2, 0.25) is 10.0 Å². The van der Waals surface area contributed by atoms with Crippen LogP contribution in [0.15, 0.2) is 58.4 Å². The number of aromatic nitrogens is 2. The smallest absolute Gasteiger partial charge is 0.244 e. The molecule has 0 fully saturated rings. The second kappa shape index (κ2) is 6.93. The third kappa shape index (κ3) is 3.08. The Morgan fingerprint density at radius 3 is 2.70 bits per heavy atom. The van der Waals surface area contributed by atoms with Crippen molar-refractivity contribution in [1.82, 2.24) is 10.2 Å². The summed E-state index contributed by atoms with van der Waals surface area (Å²) in [4.78, 5) is 0. The molecule has 2 heterocycles. The molecule has 0 spiro atoms. The number of benzene rings is 2. The largest absolute Gasteiger partial charge is 0.420 e. The zero-order chi connectivity index (χ0) is 19.1. The molecule has 0 amide bonds. The van der Waals surface area contributed by atoms with E-state index in [0.29, 0.717) is 27.2 Å². The summed E-state index contributed by atoms with van der Waals surface area (Å²) in [5.74, 6) is -0.0563. The molecule has 2 aromatic carbocycles. The normalized spacial score (nSPS) is 15.9. The van der Waals surface area contributed by atoms with Crippen LogP contribution in [0, 0.1) is 11.3 Å². The second-order valence-corrected chi connectivity index (χ2v) is 7.66. The number of ether oxygens (including phenoxy) is 1. The lowest BCUT2D eigenvalue weighted by Crippen LogP contribution is -2.21. The molecule has 134 valence electrons. The van der Waals surface area contributed by atoms with Crippen LogP contribution in [0.5, 0.6) is 5.88 Å². The van der Waals surface area contributed by atoms with Gasteiger partial charge in [0.25, 0.3) is 0 Å². The van der Waals surface area contributed by atoms with E-state index in [1.807, 2.05) is 30.3 Å². The van der Waals surface area contributed by atoms with Gasteiger partial charge >= 0.3 is 0 Å². The number of nitrogens with zero attached hydrogens (tertiary/aromatic N) is 2. The number of nitrogens with two attached hydrogens (primary N) is 1. The number of fused-ring (bicyclic) bond motifs is 1. The Bertz CT molecular complexity index is 1130. The van der Waals surface area contributed by atoms with Crippen molar-refractivity contribution in [3.63, 3.8) is 0 Å². The molecule has 8 heteroatoms. The minimum absolute atomic E-state index is 0.0437. The number of hydrogen-bond acceptors (Lipinski definition) is 4. The zero-order valence-corrected chi connectivity index (χ0v) is 16.7. The third-order valence-electron chi connectivity index (χ3n) is 4.33. The van der Waals surface area contributed by atoms with Crippen molar-refractivity contribution in [3.05, 3.63) is 79.6 Å². The van der Waals surface area contributed by atoms with Crippen molar-refractivity contribution in [1.29, 1.82) is 5.26 Å². The highest BCUT2D eigenvalue weighted by Crippen LogP contribution is 2.46. The lowest BCUT2D eigenvalue weighted by molar-refractivity contribution is 0.379. The fourth-order valence-electron chi connectivity index (χ4n) is 3.14. The highest BCUT2D eigenvalue weighted by molar-refractivity contribution is 9.10. The fraction of sp³-hybridized carbons (Fsp3) is 0.0526. The van der Waals surface area contributed by atoms with Gasteiger partial charge in [-0.3, -0.25) is 5.10 Å². The van der Waals surface area contributed by atoms with Crippen molar-refractivity contribution in [2.45, 2.75) is 5.92 Å². The molecule has 0 saturated heterocycles. The van der Waals surface area contributed by atoms with E-state index >= 15 is 0 Å². The summed E-state index contributed by atoms with van der Waals surface area (Å²) in [6.07, 6.45) is 0. The SMILES string of the molecule is N#CC1=C(N)Oc2n[nH]c(-c3ccc(Cl)c(Cl)c3)c2[C@H]1c1cccc(Br)c1. The van der Waals surface area contributed by atoms with Gasteiger partial charge < -0.3 is 10.5 Å². The molecule has 4 rings (SSSR count). The van der Waals surface area contributed by atoms with Gasteiger partial charge in [0.05, 0.1) is 27.2 Å². The van der Waals surface area contributed by atoms with Crippen molar-refractivity contribution in [3.8, 4) is 23.2 Å². The molecule has 1 atom stereocenters. The van der Waals surface area contributed by atoms with Gasteiger partial charge in [-0.1, -0.05) is 57.3 Å². The average molecular weight is 462 g/mol. The van der Waals surface area contributed by atoms with E-state index < -0.39 is 5.92 Å². The van der Waals surface area contributed by atoms with Crippen molar-refractivity contribution < 1.29 is 4.74 Å². The highest BCUT2D eigenvalue weighted by Gasteiger charge is 2.35. The van der Waals surface area contributed by atoms with E-state index in [1.54, 1.807) is 12.1 Å². The Morgan fingerprint density at radius 2 is 2.00 bits per heavy atom. The number of nitrogens with one attached hydrogen (secondary N) is 1. The summed E-state index contributed by atoms with van der Waals surface area (Å²) in [5.41, 5.74) is 9.39. The molecule has 3 aromatic rings. The van der Waals surface area contributed by atoms with Crippen LogP contribution in [0.1, 0.15) is 17.0 Å². The average Bonchev–Trinajstić information content (AvgIpc) is 3.06. The van der Waals surface area contributed by atoms with Crippen LogP contribution in [0.25, 0.3) is 11.3 Å². The minimum Gasteiger partial charge on any atom is -0.420 e. The molecule has 3 N–H and O–H groups in total. The lowest BCUT2D eigenvalue weighted by Gasteiger charge is -2.24. The number of aromatic amines is 1. The maximum Gasteiger partial charge on any atom is 0.244 e. The zero-order valence-electron chi connectivity index (χ0n) is 13.6. The molecular formula is C19H11BrCl2N4O. The van der Waals surface area contributed by atoms with Crippen LogP contribution in [-0.4, -0.2) is 10.2 Å². The van der Waals surface area contributed by atoms with Crippen molar-refractivity contribution in [2.75, 3.05) is 0 Å². The van der Waals surface area contributed by atoms with Gasteiger partial charge in [0, 0.05) is 10.0 Å². The van der Waals surface area contributed by atoms with Gasteiger partial charge in [-0.2, -0.15) is 5.26 Å². The Hall–Kier alpha value is -2.46. The number of allylic oxidation sites excluding steroid dienone is 1. The molecule has 1 aliphatic rings. The molecule has 0 unspecified atom stereocenters. The van der Waals surface area contributed by atoms with Gasteiger partial charge in [0.1, 0.15) is 11.6 Å². The maximum absolute atomic E-state index is 9.72. The first-order valence-electron chi connectivity index (χ1n) is 7.86. The summed E-state index contributed by atoms with van der Waals surface area (Å²) in [6.45, 7) is 0. The van der Waals surface area contributed by atoms with Gasteiger partial charge in [-0.15, -0.1) is 5.10 Å². The van der Waals surface area contributed by atoms with E-state index in [-0.39, 0.29) is 5.88 Å². The van der Waals surface area contributed by atoms with Crippen molar-refractivity contribution >= 4 is 39.1 Å². The molecule has 27 heavy (non-hydrogen) atoms. The predicted octanol–water partition coefficient (Wildman–Crippen LogP) is 5.36. The van der Waals surface area contributed by atoms with Crippen molar-refractivity contribution in [2.24, 2.45) is 5.73 Å². The minimum atomic E-state index is -0.431. The lowest BCUT2D eigenvalue weighted by atomic mass is 9.83. The Balaban J connectivity index is 1.96. The first-order chi connectivity index (χ1) is 13.0. The summed E-state index contributed by atoms with van der Waals surface area (Å²) in [7, 11) is 0. The Kier molecular flexibility index (Phi) is 4.60. The predicted molar refractivity (Wildman–Crippen MR) is 107 cm³/mol. The van der Waals surface area contributed by atoms with Crippen LogP contribution < -0.4 is 10.5 Å². The van der Waals surface area contributed by atoms with E-state index in [0.717, 1.165) is 21.2 Å². The standard InChI is InChI=1S/C19H11BrCl2N4O/c20-11-3-1-2-9(6-11)15-12(8-23)18(24)27-19-16(15)17(25-26-19)10-4-5-13(21)14(22)7-10/h1-7,15H,24H2,(H,25,26)/t15-/m0/s1. The first-order valence-corrected chi connectivity index (χ1v) is 9.41. The quantitative estimate of drug-likeness (QED) is 0.537. The van der Waals surface area contributed by atoms with E-state index in [1.165, 1.54) is 0 Å². The van der Waals surface area contributed by atoms with E-state index in [9.17, 15) is 5.26 Å². The molecule has 0 saturated carbocycles. The topological polar surface area (TPSA) is 87.7 Å². The molecule has 0 aliphatic carbocycles. The fourth-order valence-corrected chi connectivity index (χ4v) is 3.85. The molecule has 0 bridgehead atoms. The highest BCUT2D eigenvalue weighted by atomic mass is 79.9. The third-order valence-corrected chi connectivity index (χ3v) is 5.56. The van der Waals surface area contributed by atoms with E-state index in [2.05, 4.69) is 32.2 Å². The van der Waals surface area contributed by atoms with Gasteiger partial charge in [-0.25, -0.2) is 0 Å². The van der Waals surface area contributed by atoms with Gasteiger partial charge in [0.15, 0.2) is 0 Å². The maximum atomic E-state index is 9.72. The molecule has 0 radical (unpaired) electrons. The van der Waals surface area contributed by atoms with E-state index in [4.69, 9.17) is 33.7 Å². The summed E-state index contributed by atoms with van der Waals surface area (Å²) < 4.78 is 6.49. The van der Waals surface area contributed by atoms with Crippen LogP contribution in [0.4, 0.5) is 0 Å².